The summed E-state index contributed by atoms with van der Waals surface area (Å²) in [5, 5.41) is 12.0. The molecule has 2 rings (SSSR count). The molecular weight excluding hydrogens is 304 g/mol. The molecule has 5 heteroatoms. The van der Waals surface area contributed by atoms with Crippen molar-refractivity contribution >= 4 is 11.6 Å². The van der Waals surface area contributed by atoms with Crippen LogP contribution in [0, 0.1) is 11.3 Å². The molecule has 0 aliphatic carbocycles. The molecule has 0 atom stereocenters. The first-order chi connectivity index (χ1) is 11.6. The number of nitrogens with one attached hydrogen (secondary N) is 1. The lowest BCUT2D eigenvalue weighted by molar-refractivity contribution is 0.102. The van der Waals surface area contributed by atoms with Gasteiger partial charge < -0.3 is 14.8 Å². The van der Waals surface area contributed by atoms with Crippen LogP contribution in [0.15, 0.2) is 36.4 Å². The number of carbonyl (C=O) groups excluding carboxylic acids is 1. The van der Waals surface area contributed by atoms with Crippen LogP contribution in [-0.2, 0) is 6.42 Å². The number of amides is 1. The van der Waals surface area contributed by atoms with E-state index in [1.165, 1.54) is 18.7 Å². The van der Waals surface area contributed by atoms with Crippen LogP contribution in [0.3, 0.4) is 0 Å². The first-order valence-electron chi connectivity index (χ1n) is 7.78. The van der Waals surface area contributed by atoms with Gasteiger partial charge in [0.15, 0.2) is 11.5 Å². The van der Waals surface area contributed by atoms with Crippen molar-refractivity contribution < 1.29 is 14.3 Å². The zero-order chi connectivity index (χ0) is 17.5. The predicted octanol–water partition coefficient (Wildman–Crippen LogP) is 3.78. The number of nitrogens with zero attached hydrogens (tertiary/aromatic N) is 1. The molecule has 1 N–H and O–H groups in total. The van der Waals surface area contributed by atoms with E-state index in [4.69, 9.17) is 14.7 Å². The van der Waals surface area contributed by atoms with Gasteiger partial charge in [0.25, 0.3) is 5.91 Å². The number of hydrogen-bond donors (Lipinski definition) is 1. The maximum Gasteiger partial charge on any atom is 0.259 e. The van der Waals surface area contributed by atoms with Crippen molar-refractivity contribution in [3.05, 3.63) is 53.1 Å². The standard InChI is InChI=1S/C19H20N2O3/c1-4-13-6-8-15(9-7-13)21-19(22)16-10-14(12-20)11-17(23-3)18(16)24-5-2/h6-11H,4-5H2,1-3H3,(H,21,22). The molecule has 124 valence electrons. The summed E-state index contributed by atoms with van der Waals surface area (Å²) in [6, 6.07) is 12.7. The van der Waals surface area contributed by atoms with Crippen LogP contribution in [-0.4, -0.2) is 19.6 Å². The topological polar surface area (TPSA) is 71.3 Å². The van der Waals surface area contributed by atoms with Gasteiger partial charge in [-0.05, 0) is 37.1 Å². The Kier molecular flexibility index (Phi) is 5.80. The number of hydrogen-bond acceptors (Lipinski definition) is 4. The van der Waals surface area contributed by atoms with Crippen LogP contribution in [0.25, 0.3) is 0 Å². The molecule has 0 radical (unpaired) electrons. The van der Waals surface area contributed by atoms with Crippen molar-refractivity contribution in [3.63, 3.8) is 0 Å². The van der Waals surface area contributed by atoms with E-state index in [9.17, 15) is 4.79 Å². The molecule has 0 fully saturated rings. The maximum atomic E-state index is 12.6. The molecular formula is C19H20N2O3. The third-order valence-corrected chi connectivity index (χ3v) is 3.56. The summed E-state index contributed by atoms with van der Waals surface area (Å²) in [6.07, 6.45) is 0.935. The molecule has 2 aromatic rings. The maximum absolute atomic E-state index is 12.6. The zero-order valence-electron chi connectivity index (χ0n) is 14.1. The number of anilines is 1. The SMILES string of the molecule is CCOc1c(OC)cc(C#N)cc1C(=O)Nc1ccc(CC)cc1. The van der Waals surface area contributed by atoms with Gasteiger partial charge in [-0.2, -0.15) is 5.26 Å². The monoisotopic (exact) mass is 324 g/mol. The summed E-state index contributed by atoms with van der Waals surface area (Å²) >= 11 is 0. The van der Waals surface area contributed by atoms with Gasteiger partial charge in [0, 0.05) is 11.8 Å². The fraction of sp³-hybridized carbons (Fsp3) is 0.263. The van der Waals surface area contributed by atoms with Gasteiger partial charge in [-0.25, -0.2) is 0 Å². The molecule has 1 amide bonds. The summed E-state index contributed by atoms with van der Waals surface area (Å²) in [6.45, 7) is 4.28. The average molecular weight is 324 g/mol. The lowest BCUT2D eigenvalue weighted by Gasteiger charge is -2.15. The molecule has 0 heterocycles. The summed E-state index contributed by atoms with van der Waals surface area (Å²) in [4.78, 5) is 12.6. The molecule has 0 aliphatic rings. The smallest absolute Gasteiger partial charge is 0.259 e. The van der Waals surface area contributed by atoms with Crippen LogP contribution in [0.4, 0.5) is 5.69 Å². The van der Waals surface area contributed by atoms with E-state index in [0.29, 0.717) is 29.4 Å². The van der Waals surface area contributed by atoms with Gasteiger partial charge in [0.2, 0.25) is 0 Å². The lowest BCUT2D eigenvalue weighted by atomic mass is 10.1. The number of aryl methyl sites for hydroxylation is 1. The Morgan fingerprint density at radius 3 is 2.46 bits per heavy atom. The molecule has 0 aliphatic heterocycles. The van der Waals surface area contributed by atoms with E-state index in [-0.39, 0.29) is 11.5 Å². The van der Waals surface area contributed by atoms with Crippen molar-refractivity contribution in [1.82, 2.24) is 0 Å². The van der Waals surface area contributed by atoms with E-state index in [1.54, 1.807) is 6.07 Å². The highest BCUT2D eigenvalue weighted by Crippen LogP contribution is 2.33. The Bertz CT molecular complexity index is 761. The molecule has 2 aromatic carbocycles. The van der Waals surface area contributed by atoms with Crippen molar-refractivity contribution in [2.24, 2.45) is 0 Å². The Labute approximate surface area is 141 Å². The summed E-state index contributed by atoms with van der Waals surface area (Å²) < 4.78 is 10.8. The quantitative estimate of drug-likeness (QED) is 0.878. The molecule has 0 bridgehead atoms. The lowest BCUT2D eigenvalue weighted by Crippen LogP contribution is -2.14. The highest BCUT2D eigenvalue weighted by Gasteiger charge is 2.19. The fourth-order valence-electron chi connectivity index (χ4n) is 2.30. The first-order valence-corrected chi connectivity index (χ1v) is 7.78. The molecule has 0 spiro atoms. The van der Waals surface area contributed by atoms with Crippen molar-refractivity contribution in [3.8, 4) is 17.6 Å². The van der Waals surface area contributed by atoms with Gasteiger partial charge in [-0.15, -0.1) is 0 Å². The summed E-state index contributed by atoms with van der Waals surface area (Å²) in [5.74, 6) is 0.349. The number of methoxy groups -OCH3 is 1. The van der Waals surface area contributed by atoms with Gasteiger partial charge >= 0.3 is 0 Å². The van der Waals surface area contributed by atoms with E-state index in [2.05, 4.69) is 12.2 Å². The minimum absolute atomic E-state index is 0.271. The van der Waals surface area contributed by atoms with Crippen LogP contribution < -0.4 is 14.8 Å². The van der Waals surface area contributed by atoms with Crippen molar-refractivity contribution in [2.45, 2.75) is 20.3 Å². The largest absolute Gasteiger partial charge is 0.493 e. The van der Waals surface area contributed by atoms with E-state index < -0.39 is 0 Å². The third-order valence-electron chi connectivity index (χ3n) is 3.56. The Morgan fingerprint density at radius 2 is 1.92 bits per heavy atom. The van der Waals surface area contributed by atoms with Crippen molar-refractivity contribution in [1.29, 1.82) is 5.26 Å². The normalized spacial score (nSPS) is 9.92. The number of benzene rings is 2. The molecule has 0 saturated carbocycles. The van der Waals surface area contributed by atoms with Crippen LogP contribution in [0.1, 0.15) is 35.3 Å². The average Bonchev–Trinajstić information content (AvgIpc) is 2.62. The Morgan fingerprint density at radius 1 is 1.21 bits per heavy atom. The van der Waals surface area contributed by atoms with Gasteiger partial charge in [0.1, 0.15) is 0 Å². The molecule has 5 nitrogen and oxygen atoms in total. The number of nitriles is 1. The first kappa shape index (κ1) is 17.4. The van der Waals surface area contributed by atoms with Gasteiger partial charge in [-0.3, -0.25) is 4.79 Å². The second kappa shape index (κ2) is 8.02. The van der Waals surface area contributed by atoms with Gasteiger partial charge in [0.05, 0.1) is 30.9 Å². The van der Waals surface area contributed by atoms with Crippen LogP contribution >= 0.6 is 0 Å². The predicted molar refractivity (Wildman–Crippen MR) is 92.7 cm³/mol. The third kappa shape index (κ3) is 3.85. The van der Waals surface area contributed by atoms with Crippen molar-refractivity contribution in [2.75, 3.05) is 19.0 Å². The fourth-order valence-corrected chi connectivity index (χ4v) is 2.30. The van der Waals surface area contributed by atoms with Crippen LogP contribution in [0.2, 0.25) is 0 Å². The van der Waals surface area contributed by atoms with E-state index in [1.807, 2.05) is 37.3 Å². The van der Waals surface area contributed by atoms with E-state index in [0.717, 1.165) is 6.42 Å². The molecule has 0 saturated heterocycles. The Hall–Kier alpha value is -3.00. The van der Waals surface area contributed by atoms with E-state index >= 15 is 0 Å². The highest BCUT2D eigenvalue weighted by molar-refractivity contribution is 6.07. The zero-order valence-corrected chi connectivity index (χ0v) is 14.1. The van der Waals surface area contributed by atoms with Gasteiger partial charge in [-0.1, -0.05) is 19.1 Å². The number of rotatable bonds is 6. The minimum atomic E-state index is -0.349. The number of carbonyl (C=O) groups is 1. The second-order valence-electron chi connectivity index (χ2n) is 5.10. The highest BCUT2D eigenvalue weighted by atomic mass is 16.5. The summed E-state index contributed by atoms with van der Waals surface area (Å²) in [5.41, 5.74) is 2.48. The summed E-state index contributed by atoms with van der Waals surface area (Å²) in [7, 11) is 1.48. The van der Waals surface area contributed by atoms with Crippen LogP contribution in [0.5, 0.6) is 11.5 Å². The minimum Gasteiger partial charge on any atom is -0.493 e. The molecule has 0 aromatic heterocycles. The molecule has 0 unspecified atom stereocenters. The second-order valence-corrected chi connectivity index (χ2v) is 5.10. The number of ether oxygens (including phenoxy) is 2. The Balaban J connectivity index is 2.37. The molecule has 24 heavy (non-hydrogen) atoms.